The van der Waals surface area contributed by atoms with Crippen LogP contribution in [0.5, 0.6) is 0 Å². The molecule has 0 saturated carbocycles. The molecule has 1 aromatic carbocycles. The Morgan fingerprint density at radius 2 is 1.88 bits per heavy atom. The molecular formula is C19H26N4O3. The average molecular weight is 358 g/mol. The summed E-state index contributed by atoms with van der Waals surface area (Å²) in [4.78, 5) is 38.6. The summed E-state index contributed by atoms with van der Waals surface area (Å²) in [5.41, 5.74) is 2.85. The first-order valence-corrected chi connectivity index (χ1v) is 9.16. The van der Waals surface area contributed by atoms with E-state index in [-0.39, 0.29) is 12.5 Å². The number of carbonyl (C=O) groups excluding carboxylic acids is 3. The van der Waals surface area contributed by atoms with Crippen molar-refractivity contribution in [2.45, 2.75) is 44.6 Å². The number of urea groups is 1. The molecule has 140 valence electrons. The number of nitrogens with zero attached hydrogens (tertiary/aromatic N) is 2. The highest BCUT2D eigenvalue weighted by Crippen LogP contribution is 2.27. The van der Waals surface area contributed by atoms with Crippen molar-refractivity contribution in [2.75, 3.05) is 19.6 Å². The number of benzene rings is 1. The van der Waals surface area contributed by atoms with Crippen LogP contribution in [0.3, 0.4) is 0 Å². The molecule has 2 N–H and O–H groups in total. The molecule has 2 aliphatic heterocycles. The van der Waals surface area contributed by atoms with Gasteiger partial charge in [0.2, 0.25) is 0 Å². The zero-order valence-corrected chi connectivity index (χ0v) is 15.3. The molecule has 2 heterocycles. The van der Waals surface area contributed by atoms with Crippen molar-refractivity contribution >= 4 is 17.8 Å². The second kappa shape index (κ2) is 7.45. The molecule has 0 spiro atoms. The number of hydrogen-bond acceptors (Lipinski definition) is 4. The molecule has 2 fully saturated rings. The summed E-state index contributed by atoms with van der Waals surface area (Å²) in [5, 5.41) is 3.43. The van der Waals surface area contributed by atoms with Gasteiger partial charge in [0, 0.05) is 0 Å². The Labute approximate surface area is 153 Å². The third-order valence-electron chi connectivity index (χ3n) is 5.43. The van der Waals surface area contributed by atoms with Crippen molar-refractivity contribution in [3.05, 3.63) is 35.9 Å². The van der Waals surface area contributed by atoms with E-state index in [0.29, 0.717) is 12.3 Å². The molecule has 2 aliphatic rings. The van der Waals surface area contributed by atoms with Crippen molar-refractivity contribution in [1.29, 1.82) is 0 Å². The standard InChI is InChI=1S/C19H26N4O3/c1-3-19(2)17(25)23(18(26)20-19)21-16(24)13-22-11-9-15(10-12-22)14-7-5-4-6-8-14/h4-8,15H,3,9-13H2,1-2H3,(H,20,26)(H,21,24)/t19-/m0/s1. The number of nitrogens with one attached hydrogen (secondary N) is 2. The molecule has 26 heavy (non-hydrogen) atoms. The van der Waals surface area contributed by atoms with Gasteiger partial charge in [0.05, 0.1) is 6.54 Å². The predicted molar refractivity (Wildman–Crippen MR) is 97.1 cm³/mol. The van der Waals surface area contributed by atoms with Crippen LogP contribution in [0, 0.1) is 0 Å². The fraction of sp³-hybridized carbons (Fsp3) is 0.526. The highest BCUT2D eigenvalue weighted by molar-refractivity contribution is 6.07. The maximum atomic E-state index is 12.3. The summed E-state index contributed by atoms with van der Waals surface area (Å²) in [6, 6.07) is 9.84. The van der Waals surface area contributed by atoms with Crippen molar-refractivity contribution in [2.24, 2.45) is 0 Å². The van der Waals surface area contributed by atoms with Crippen LogP contribution in [0.15, 0.2) is 30.3 Å². The maximum absolute atomic E-state index is 12.3. The average Bonchev–Trinajstić information content (AvgIpc) is 2.87. The lowest BCUT2D eigenvalue weighted by Gasteiger charge is -2.32. The molecule has 7 heteroatoms. The Hall–Kier alpha value is -2.41. The summed E-state index contributed by atoms with van der Waals surface area (Å²) >= 11 is 0. The molecule has 4 amide bonds. The number of amides is 4. The van der Waals surface area contributed by atoms with Crippen molar-refractivity contribution in [3.63, 3.8) is 0 Å². The van der Waals surface area contributed by atoms with E-state index < -0.39 is 17.5 Å². The summed E-state index contributed by atoms with van der Waals surface area (Å²) in [6.07, 6.45) is 2.46. The Kier molecular flexibility index (Phi) is 5.27. The third kappa shape index (κ3) is 3.72. The van der Waals surface area contributed by atoms with Gasteiger partial charge in [0.1, 0.15) is 5.54 Å². The van der Waals surface area contributed by atoms with Gasteiger partial charge in [-0.1, -0.05) is 37.3 Å². The van der Waals surface area contributed by atoms with E-state index >= 15 is 0 Å². The van der Waals surface area contributed by atoms with Gasteiger partial charge in [-0.3, -0.25) is 19.9 Å². The van der Waals surface area contributed by atoms with Crippen molar-refractivity contribution < 1.29 is 14.4 Å². The Morgan fingerprint density at radius 1 is 1.23 bits per heavy atom. The van der Waals surface area contributed by atoms with E-state index in [1.807, 2.05) is 13.0 Å². The lowest BCUT2D eigenvalue weighted by Crippen LogP contribution is -2.51. The minimum Gasteiger partial charge on any atom is -0.322 e. The topological polar surface area (TPSA) is 81.8 Å². The van der Waals surface area contributed by atoms with Crippen LogP contribution in [-0.2, 0) is 9.59 Å². The lowest BCUT2D eigenvalue weighted by atomic mass is 9.89. The van der Waals surface area contributed by atoms with Crippen LogP contribution in [-0.4, -0.2) is 52.9 Å². The number of imide groups is 1. The monoisotopic (exact) mass is 358 g/mol. The first kappa shape index (κ1) is 18.4. The molecule has 7 nitrogen and oxygen atoms in total. The molecule has 0 radical (unpaired) electrons. The van der Waals surface area contributed by atoms with E-state index in [0.717, 1.165) is 30.9 Å². The number of hydrazine groups is 1. The molecule has 2 saturated heterocycles. The van der Waals surface area contributed by atoms with Crippen LogP contribution >= 0.6 is 0 Å². The zero-order chi connectivity index (χ0) is 18.7. The highest BCUT2D eigenvalue weighted by atomic mass is 16.2. The van der Waals surface area contributed by atoms with Gasteiger partial charge >= 0.3 is 6.03 Å². The molecule has 0 bridgehead atoms. The number of carbonyl (C=O) groups is 3. The van der Waals surface area contributed by atoms with Crippen LogP contribution < -0.4 is 10.7 Å². The van der Waals surface area contributed by atoms with Gasteiger partial charge in [-0.15, -0.1) is 0 Å². The van der Waals surface area contributed by atoms with Gasteiger partial charge in [0.15, 0.2) is 0 Å². The molecule has 1 atom stereocenters. The highest BCUT2D eigenvalue weighted by Gasteiger charge is 2.47. The Balaban J connectivity index is 1.49. The fourth-order valence-electron chi connectivity index (χ4n) is 3.54. The van der Waals surface area contributed by atoms with Gasteiger partial charge in [-0.25, -0.2) is 4.79 Å². The summed E-state index contributed by atoms with van der Waals surface area (Å²) < 4.78 is 0. The molecule has 1 aromatic rings. The molecular weight excluding hydrogens is 332 g/mol. The largest absolute Gasteiger partial charge is 0.344 e. The van der Waals surface area contributed by atoms with Gasteiger partial charge in [-0.05, 0) is 50.8 Å². The minimum absolute atomic E-state index is 0.182. The Bertz CT molecular complexity index is 685. The second-order valence-corrected chi connectivity index (χ2v) is 7.25. The lowest BCUT2D eigenvalue weighted by molar-refractivity contribution is -0.139. The van der Waals surface area contributed by atoms with Crippen LogP contribution in [0.1, 0.15) is 44.6 Å². The maximum Gasteiger partial charge on any atom is 0.344 e. The fourth-order valence-corrected chi connectivity index (χ4v) is 3.54. The van der Waals surface area contributed by atoms with Crippen LogP contribution in [0.2, 0.25) is 0 Å². The molecule has 0 aromatic heterocycles. The van der Waals surface area contributed by atoms with E-state index in [4.69, 9.17) is 0 Å². The number of piperidine rings is 1. The zero-order valence-electron chi connectivity index (χ0n) is 15.3. The third-order valence-corrected chi connectivity index (χ3v) is 5.43. The molecule has 3 rings (SSSR count). The summed E-state index contributed by atoms with van der Waals surface area (Å²) in [5.74, 6) is -0.236. The van der Waals surface area contributed by atoms with E-state index in [2.05, 4.69) is 39.9 Å². The molecule has 0 aliphatic carbocycles. The van der Waals surface area contributed by atoms with Crippen molar-refractivity contribution in [3.8, 4) is 0 Å². The quantitative estimate of drug-likeness (QED) is 0.784. The smallest absolute Gasteiger partial charge is 0.322 e. The number of rotatable bonds is 5. The number of hydrogen-bond donors (Lipinski definition) is 2. The first-order valence-electron chi connectivity index (χ1n) is 9.16. The second-order valence-electron chi connectivity index (χ2n) is 7.25. The van der Waals surface area contributed by atoms with Crippen LogP contribution in [0.25, 0.3) is 0 Å². The van der Waals surface area contributed by atoms with Gasteiger partial charge in [-0.2, -0.15) is 5.01 Å². The van der Waals surface area contributed by atoms with E-state index in [9.17, 15) is 14.4 Å². The minimum atomic E-state index is -0.946. The summed E-state index contributed by atoms with van der Waals surface area (Å²) in [6.45, 7) is 5.30. The van der Waals surface area contributed by atoms with Crippen molar-refractivity contribution in [1.82, 2.24) is 20.7 Å². The number of likely N-dealkylation sites (tertiary alicyclic amines) is 1. The predicted octanol–water partition coefficient (Wildman–Crippen LogP) is 1.62. The van der Waals surface area contributed by atoms with Crippen LogP contribution in [0.4, 0.5) is 4.79 Å². The van der Waals surface area contributed by atoms with E-state index in [1.54, 1.807) is 6.92 Å². The normalized spacial score (nSPS) is 24.6. The van der Waals surface area contributed by atoms with Gasteiger partial charge in [0.25, 0.3) is 11.8 Å². The molecule has 0 unspecified atom stereocenters. The Morgan fingerprint density at radius 3 is 2.46 bits per heavy atom. The van der Waals surface area contributed by atoms with Gasteiger partial charge < -0.3 is 5.32 Å². The SMILES string of the molecule is CC[C@]1(C)NC(=O)N(NC(=O)CN2CCC(c3ccccc3)CC2)C1=O. The summed E-state index contributed by atoms with van der Waals surface area (Å²) in [7, 11) is 0. The van der Waals surface area contributed by atoms with E-state index in [1.165, 1.54) is 5.56 Å². The first-order chi connectivity index (χ1) is 12.4.